The van der Waals surface area contributed by atoms with Gasteiger partial charge < -0.3 is 4.90 Å². The molecule has 0 radical (unpaired) electrons. The van der Waals surface area contributed by atoms with Crippen molar-refractivity contribution in [1.29, 1.82) is 0 Å². The summed E-state index contributed by atoms with van der Waals surface area (Å²) in [5.41, 5.74) is 2.36. The van der Waals surface area contributed by atoms with Crippen LogP contribution in [0.3, 0.4) is 0 Å². The van der Waals surface area contributed by atoms with Crippen molar-refractivity contribution in [3.8, 4) is 0 Å². The summed E-state index contributed by atoms with van der Waals surface area (Å²) < 4.78 is 37.2. The van der Waals surface area contributed by atoms with Crippen LogP contribution in [0.1, 0.15) is 44.0 Å². The van der Waals surface area contributed by atoms with E-state index in [1.807, 2.05) is 6.07 Å². The minimum absolute atomic E-state index is 0.207. The van der Waals surface area contributed by atoms with Gasteiger partial charge in [-0.1, -0.05) is 68.3 Å². The van der Waals surface area contributed by atoms with Crippen LogP contribution in [0.15, 0.2) is 55.3 Å². The van der Waals surface area contributed by atoms with Crippen molar-refractivity contribution < 1.29 is 17.5 Å². The molecule has 10 heteroatoms. The monoisotopic (exact) mass is 645 g/mol. The fourth-order valence-electron chi connectivity index (χ4n) is 4.00. The molecule has 0 saturated heterocycles. The Morgan fingerprint density at radius 1 is 1.06 bits per heavy atom. The molecule has 1 aromatic heterocycles. The minimum Gasteiger partial charge on any atom is -0.335 e. The molecule has 1 N–H and O–H groups in total. The molecule has 3 aromatic rings. The predicted octanol–water partition coefficient (Wildman–Crippen LogP) is 7.48. The molecule has 0 unspecified atom stereocenters. The Kier molecular flexibility index (Phi) is 8.80. The maximum Gasteiger partial charge on any atom is 0.265 e. The Morgan fingerprint density at radius 2 is 1.82 bits per heavy atom. The first-order valence-corrected chi connectivity index (χ1v) is 16.1. The van der Waals surface area contributed by atoms with E-state index in [-0.39, 0.29) is 5.75 Å². The molecule has 0 aliphatic carbocycles. The number of aryl methyl sites for hydroxylation is 1. The number of aromatic nitrogens is 1. The van der Waals surface area contributed by atoms with Crippen molar-refractivity contribution in [1.82, 2.24) is 0 Å². The third kappa shape index (κ3) is 6.44. The van der Waals surface area contributed by atoms with Gasteiger partial charge in [0.1, 0.15) is 4.70 Å². The first-order chi connectivity index (χ1) is 16.2. The SMILES string of the molecule is CCCCC[n+]1c(C=C2Sc3ccc(Br)cc3N2CCCCS(=O)(=O)O)sc2ccc(Br)cc21. The number of anilines is 1. The van der Waals surface area contributed by atoms with Gasteiger partial charge in [-0.25, -0.2) is 0 Å². The lowest BCUT2D eigenvalue weighted by Crippen LogP contribution is -2.35. The van der Waals surface area contributed by atoms with Gasteiger partial charge in [-0.2, -0.15) is 13.0 Å². The van der Waals surface area contributed by atoms with Gasteiger partial charge in [0.25, 0.3) is 15.1 Å². The van der Waals surface area contributed by atoms with Crippen molar-refractivity contribution in [3.05, 3.63) is 55.4 Å². The normalized spacial score (nSPS) is 14.9. The minimum atomic E-state index is -3.94. The van der Waals surface area contributed by atoms with Crippen molar-refractivity contribution in [3.63, 3.8) is 0 Å². The molecule has 4 rings (SSSR count). The summed E-state index contributed by atoms with van der Waals surface area (Å²) in [6.07, 6.45) is 6.87. The molecule has 0 saturated carbocycles. The van der Waals surface area contributed by atoms with E-state index in [0.717, 1.165) is 32.6 Å². The smallest absolute Gasteiger partial charge is 0.265 e. The van der Waals surface area contributed by atoms with Crippen molar-refractivity contribution in [2.24, 2.45) is 0 Å². The van der Waals surface area contributed by atoms with E-state index in [2.05, 4.69) is 84.7 Å². The predicted molar refractivity (Wildman–Crippen MR) is 150 cm³/mol. The van der Waals surface area contributed by atoms with Gasteiger partial charge >= 0.3 is 0 Å². The average molecular weight is 648 g/mol. The van der Waals surface area contributed by atoms with Gasteiger partial charge in [-0.05, 0) is 49.6 Å². The van der Waals surface area contributed by atoms with Crippen molar-refractivity contribution in [2.75, 3.05) is 17.2 Å². The number of unbranched alkanes of at least 4 members (excludes halogenated alkanes) is 3. The molecule has 1 aliphatic rings. The molecular weight excluding hydrogens is 620 g/mol. The number of hydrogen-bond donors (Lipinski definition) is 1. The first-order valence-electron chi connectivity index (χ1n) is 11.3. The highest BCUT2D eigenvalue weighted by molar-refractivity contribution is 9.10. The number of thiazole rings is 1. The maximum atomic E-state index is 11.1. The van der Waals surface area contributed by atoms with Gasteiger partial charge in [-0.3, -0.25) is 4.55 Å². The topological polar surface area (TPSA) is 61.5 Å². The van der Waals surface area contributed by atoms with Crippen LogP contribution in [-0.2, 0) is 16.7 Å². The lowest BCUT2D eigenvalue weighted by atomic mass is 10.2. The zero-order valence-corrected chi connectivity index (χ0v) is 24.5. The third-order valence-electron chi connectivity index (χ3n) is 5.65. The highest BCUT2D eigenvalue weighted by Gasteiger charge is 2.28. The second kappa shape index (κ2) is 11.4. The van der Waals surface area contributed by atoms with Crippen LogP contribution in [-0.4, -0.2) is 25.3 Å². The first kappa shape index (κ1) is 26.2. The molecule has 0 atom stereocenters. The lowest BCUT2D eigenvalue weighted by Gasteiger charge is -2.20. The Morgan fingerprint density at radius 3 is 2.59 bits per heavy atom. The fraction of sp³-hybridized carbons (Fsp3) is 0.375. The largest absolute Gasteiger partial charge is 0.335 e. The fourth-order valence-corrected chi connectivity index (χ4v) is 7.56. The maximum absolute atomic E-state index is 11.1. The quantitative estimate of drug-likeness (QED) is 0.141. The summed E-state index contributed by atoms with van der Waals surface area (Å²) in [5.74, 6) is -0.207. The summed E-state index contributed by atoms with van der Waals surface area (Å²) in [6, 6.07) is 12.7. The highest BCUT2D eigenvalue weighted by Crippen LogP contribution is 2.48. The van der Waals surface area contributed by atoms with Gasteiger partial charge in [0, 0.05) is 32.9 Å². The number of halogens is 2. The number of benzene rings is 2. The van der Waals surface area contributed by atoms with Gasteiger partial charge in [0.05, 0.1) is 22.5 Å². The molecular formula is C24H27Br2N2O3S3+. The van der Waals surface area contributed by atoms with Crippen LogP contribution in [0.5, 0.6) is 0 Å². The standard InChI is InChI=1S/C24H26Br2N2O3S3/c1-2-3-4-11-27-19-14-17(25)7-9-21(19)32-23(27)16-24-28(12-5-6-13-34(29,30)31)20-15-18(26)8-10-22(20)33-24/h7-10,14-16H,2-6,11-13H2,1H3/p+1. The van der Waals surface area contributed by atoms with E-state index in [9.17, 15) is 8.42 Å². The van der Waals surface area contributed by atoms with E-state index in [4.69, 9.17) is 4.55 Å². The van der Waals surface area contributed by atoms with Gasteiger partial charge in [0.15, 0.2) is 6.54 Å². The second-order valence-corrected chi connectivity index (χ2v) is 13.8. The lowest BCUT2D eigenvalue weighted by molar-refractivity contribution is -0.669. The van der Waals surface area contributed by atoms with Crippen molar-refractivity contribution in [2.45, 2.75) is 50.5 Å². The number of fused-ring (bicyclic) bond motifs is 2. The number of nitrogens with zero attached hydrogens (tertiary/aromatic N) is 2. The molecule has 5 nitrogen and oxygen atoms in total. The van der Waals surface area contributed by atoms with Crippen LogP contribution in [0.25, 0.3) is 16.3 Å². The second-order valence-electron chi connectivity index (χ2n) is 8.25. The number of thioether (sulfide) groups is 1. The summed E-state index contributed by atoms with van der Waals surface area (Å²) in [4.78, 5) is 3.46. The number of rotatable bonds is 10. The molecule has 182 valence electrons. The number of hydrogen-bond acceptors (Lipinski definition) is 5. The van der Waals surface area contributed by atoms with Crippen LogP contribution in [0, 0.1) is 0 Å². The van der Waals surface area contributed by atoms with Crippen LogP contribution >= 0.6 is 55.0 Å². The Balaban J connectivity index is 1.68. The average Bonchev–Trinajstić information content (AvgIpc) is 3.28. The Labute approximate surface area is 226 Å². The van der Waals surface area contributed by atoms with Crippen molar-refractivity contribution >= 4 is 87.1 Å². The zero-order valence-electron chi connectivity index (χ0n) is 18.8. The van der Waals surface area contributed by atoms with E-state index in [1.165, 1.54) is 33.0 Å². The molecule has 0 bridgehead atoms. The Bertz CT molecular complexity index is 1320. The molecule has 0 spiro atoms. The van der Waals surface area contributed by atoms with Crippen LogP contribution < -0.4 is 9.47 Å². The molecule has 2 heterocycles. The molecule has 1 aliphatic heterocycles. The summed E-state index contributed by atoms with van der Waals surface area (Å²) >= 11 is 10.8. The van der Waals surface area contributed by atoms with E-state index in [0.29, 0.717) is 19.4 Å². The summed E-state index contributed by atoms with van der Waals surface area (Å²) in [7, 11) is -3.94. The molecule has 2 aromatic carbocycles. The van der Waals surface area contributed by atoms with E-state index in [1.54, 1.807) is 23.1 Å². The molecule has 34 heavy (non-hydrogen) atoms. The van der Waals surface area contributed by atoms with Gasteiger partial charge in [-0.15, -0.1) is 0 Å². The van der Waals surface area contributed by atoms with E-state index < -0.39 is 10.1 Å². The summed E-state index contributed by atoms with van der Waals surface area (Å²) in [5, 5.41) is 2.34. The van der Waals surface area contributed by atoms with Crippen LogP contribution in [0.4, 0.5) is 5.69 Å². The summed E-state index contributed by atoms with van der Waals surface area (Å²) in [6.45, 7) is 3.88. The van der Waals surface area contributed by atoms with E-state index >= 15 is 0 Å². The Hall–Kier alpha value is -0.910. The molecule has 0 fully saturated rings. The van der Waals surface area contributed by atoms with Crippen LogP contribution in [0.2, 0.25) is 0 Å². The third-order valence-corrected chi connectivity index (χ3v) is 9.67. The zero-order chi connectivity index (χ0) is 24.3. The molecule has 0 amide bonds. The van der Waals surface area contributed by atoms with Gasteiger partial charge in [0.2, 0.25) is 5.52 Å². The highest BCUT2D eigenvalue weighted by atomic mass is 79.9.